The van der Waals surface area contributed by atoms with Crippen LogP contribution in [0.4, 0.5) is 0 Å². The quantitative estimate of drug-likeness (QED) is 0.396. The molecule has 7 nitrogen and oxygen atoms in total. The largest absolute Gasteiger partial charge is 0.497 e. The molecule has 33 heavy (non-hydrogen) atoms. The number of carbonyl (C=O) groups is 1. The van der Waals surface area contributed by atoms with Crippen LogP contribution in [0.25, 0.3) is 10.9 Å². The maximum absolute atomic E-state index is 13.3. The zero-order valence-corrected chi connectivity index (χ0v) is 19.2. The molecule has 0 amide bonds. The number of aliphatic carboxylic acids is 1. The van der Waals surface area contributed by atoms with Gasteiger partial charge >= 0.3 is 5.97 Å². The first kappa shape index (κ1) is 22.4. The van der Waals surface area contributed by atoms with Gasteiger partial charge in [0, 0.05) is 17.1 Å². The Labute approximate surface area is 191 Å². The summed E-state index contributed by atoms with van der Waals surface area (Å²) in [6.07, 6.45) is 1.41. The van der Waals surface area contributed by atoms with E-state index < -0.39 is 15.8 Å². The highest BCUT2D eigenvalue weighted by Crippen LogP contribution is 2.35. The standard InChI is InChI=1S/C25H23NO6S/c1-15-10-17(12-24(27)28)11-16(2)25(15)32-19-6-9-22-21(13-19)23(14-26-22)33(29,30)20-7-4-18(31-3)5-8-20/h4-11,13-14,26H,12H2,1-3H3,(H,27,28). The number of carboxylic acids is 1. The number of aryl methyl sites for hydroxylation is 2. The number of sulfone groups is 1. The van der Waals surface area contributed by atoms with Crippen LogP contribution in [0, 0.1) is 13.8 Å². The first-order chi connectivity index (χ1) is 15.7. The summed E-state index contributed by atoms with van der Waals surface area (Å²) in [5.41, 5.74) is 2.96. The highest BCUT2D eigenvalue weighted by molar-refractivity contribution is 7.91. The average molecular weight is 466 g/mol. The maximum Gasteiger partial charge on any atom is 0.307 e. The van der Waals surface area contributed by atoms with Crippen molar-refractivity contribution in [1.29, 1.82) is 0 Å². The molecule has 0 radical (unpaired) electrons. The second kappa shape index (κ2) is 8.63. The van der Waals surface area contributed by atoms with E-state index >= 15 is 0 Å². The van der Waals surface area contributed by atoms with E-state index in [1.54, 1.807) is 42.5 Å². The van der Waals surface area contributed by atoms with Crippen molar-refractivity contribution in [2.75, 3.05) is 7.11 Å². The lowest BCUT2D eigenvalue weighted by Crippen LogP contribution is -2.02. The second-order valence-corrected chi connectivity index (χ2v) is 9.69. The Morgan fingerprint density at radius 1 is 0.970 bits per heavy atom. The highest BCUT2D eigenvalue weighted by Gasteiger charge is 2.22. The summed E-state index contributed by atoms with van der Waals surface area (Å²) in [4.78, 5) is 14.3. The Morgan fingerprint density at radius 2 is 1.61 bits per heavy atom. The summed E-state index contributed by atoms with van der Waals surface area (Å²) in [7, 11) is -2.25. The van der Waals surface area contributed by atoms with Gasteiger partial charge in [0.2, 0.25) is 9.84 Å². The first-order valence-corrected chi connectivity index (χ1v) is 11.7. The summed E-state index contributed by atoms with van der Waals surface area (Å²) in [6, 6.07) is 15.0. The molecule has 3 aromatic carbocycles. The molecule has 0 unspecified atom stereocenters. The molecule has 0 aliphatic carbocycles. The van der Waals surface area contributed by atoms with Crippen LogP contribution < -0.4 is 9.47 Å². The molecule has 0 saturated heterocycles. The number of H-pyrrole nitrogens is 1. The number of aromatic nitrogens is 1. The molecule has 0 saturated carbocycles. The molecule has 0 aliphatic heterocycles. The predicted octanol–water partition coefficient (Wildman–Crippen LogP) is 5.05. The van der Waals surface area contributed by atoms with Gasteiger partial charge in [-0.05, 0) is 73.0 Å². The molecule has 0 atom stereocenters. The monoisotopic (exact) mass is 465 g/mol. The van der Waals surface area contributed by atoms with Crippen LogP contribution in [0.3, 0.4) is 0 Å². The minimum absolute atomic E-state index is 0.0656. The van der Waals surface area contributed by atoms with E-state index in [4.69, 9.17) is 14.6 Å². The third kappa shape index (κ3) is 4.42. The van der Waals surface area contributed by atoms with Crippen molar-refractivity contribution in [3.05, 3.63) is 77.5 Å². The van der Waals surface area contributed by atoms with Gasteiger partial charge in [0.25, 0.3) is 0 Å². The van der Waals surface area contributed by atoms with Gasteiger partial charge in [0.05, 0.1) is 23.3 Å². The summed E-state index contributed by atoms with van der Waals surface area (Å²) in [5.74, 6) is 0.763. The van der Waals surface area contributed by atoms with E-state index in [9.17, 15) is 13.2 Å². The molecule has 0 aliphatic rings. The predicted molar refractivity (Wildman–Crippen MR) is 124 cm³/mol. The number of fused-ring (bicyclic) bond motifs is 1. The van der Waals surface area contributed by atoms with E-state index in [0.717, 1.165) is 11.1 Å². The Kier molecular flexibility index (Phi) is 5.86. The van der Waals surface area contributed by atoms with Gasteiger partial charge in [-0.15, -0.1) is 0 Å². The molecule has 4 aromatic rings. The summed E-state index contributed by atoms with van der Waals surface area (Å²) < 4.78 is 37.7. The zero-order valence-electron chi connectivity index (χ0n) is 18.4. The summed E-state index contributed by atoms with van der Waals surface area (Å²) in [6.45, 7) is 3.70. The molecule has 170 valence electrons. The third-order valence-corrected chi connectivity index (χ3v) is 7.18. The van der Waals surface area contributed by atoms with E-state index in [0.29, 0.717) is 33.7 Å². The molecule has 2 N–H and O–H groups in total. The van der Waals surface area contributed by atoms with Gasteiger partial charge in [-0.1, -0.05) is 12.1 Å². The van der Waals surface area contributed by atoms with Gasteiger partial charge in [-0.25, -0.2) is 8.42 Å². The lowest BCUT2D eigenvalue weighted by atomic mass is 10.0. The number of methoxy groups -OCH3 is 1. The Morgan fingerprint density at radius 3 is 2.21 bits per heavy atom. The van der Waals surface area contributed by atoms with Crippen LogP contribution in [0.2, 0.25) is 0 Å². The smallest absolute Gasteiger partial charge is 0.307 e. The Bertz CT molecular complexity index is 1430. The average Bonchev–Trinajstić information content (AvgIpc) is 3.20. The number of carboxylic acid groups (broad SMARTS) is 1. The lowest BCUT2D eigenvalue weighted by Gasteiger charge is -2.14. The van der Waals surface area contributed by atoms with Crippen molar-refractivity contribution in [1.82, 2.24) is 4.98 Å². The molecule has 1 aromatic heterocycles. The molecular formula is C25H23NO6S. The van der Waals surface area contributed by atoms with E-state index in [2.05, 4.69) is 4.98 Å². The lowest BCUT2D eigenvalue weighted by molar-refractivity contribution is -0.136. The Hall–Kier alpha value is -3.78. The van der Waals surface area contributed by atoms with Crippen LogP contribution in [-0.4, -0.2) is 31.6 Å². The highest BCUT2D eigenvalue weighted by atomic mass is 32.2. The second-order valence-electron chi connectivity index (χ2n) is 7.77. The van der Waals surface area contributed by atoms with Gasteiger partial charge in [0.15, 0.2) is 0 Å². The Balaban J connectivity index is 1.71. The number of aromatic amines is 1. The first-order valence-electron chi connectivity index (χ1n) is 10.2. The molecule has 1 heterocycles. The van der Waals surface area contributed by atoms with Crippen molar-refractivity contribution >= 4 is 26.7 Å². The van der Waals surface area contributed by atoms with Crippen molar-refractivity contribution < 1.29 is 27.8 Å². The fraction of sp³-hybridized carbons (Fsp3) is 0.160. The zero-order chi connectivity index (χ0) is 23.8. The SMILES string of the molecule is COc1ccc(S(=O)(=O)c2c[nH]c3ccc(Oc4c(C)cc(CC(=O)O)cc4C)cc23)cc1. The van der Waals surface area contributed by atoms with Gasteiger partial charge < -0.3 is 19.6 Å². The number of hydrogen-bond acceptors (Lipinski definition) is 5. The number of ether oxygens (including phenoxy) is 2. The fourth-order valence-electron chi connectivity index (χ4n) is 3.84. The molecule has 8 heteroatoms. The molecule has 4 rings (SSSR count). The molecule has 0 fully saturated rings. The number of rotatable bonds is 7. The van der Waals surface area contributed by atoms with Gasteiger partial charge in [-0.2, -0.15) is 0 Å². The molecule has 0 spiro atoms. The topological polar surface area (TPSA) is 106 Å². The summed E-state index contributed by atoms with van der Waals surface area (Å²) >= 11 is 0. The molecular weight excluding hydrogens is 442 g/mol. The third-order valence-electron chi connectivity index (χ3n) is 5.37. The number of hydrogen-bond donors (Lipinski definition) is 2. The van der Waals surface area contributed by atoms with Crippen molar-refractivity contribution in [3.63, 3.8) is 0 Å². The minimum atomic E-state index is -3.77. The maximum atomic E-state index is 13.3. The van der Waals surface area contributed by atoms with E-state index in [1.807, 2.05) is 13.8 Å². The summed E-state index contributed by atoms with van der Waals surface area (Å²) in [5, 5.41) is 9.56. The fourth-order valence-corrected chi connectivity index (χ4v) is 5.26. The van der Waals surface area contributed by atoms with Crippen LogP contribution in [0.1, 0.15) is 16.7 Å². The molecule has 0 bridgehead atoms. The van der Waals surface area contributed by atoms with Crippen molar-refractivity contribution in [2.45, 2.75) is 30.1 Å². The van der Waals surface area contributed by atoms with Gasteiger partial charge in [0.1, 0.15) is 17.2 Å². The van der Waals surface area contributed by atoms with Crippen LogP contribution in [0.15, 0.2) is 70.6 Å². The minimum Gasteiger partial charge on any atom is -0.497 e. The van der Waals surface area contributed by atoms with Crippen LogP contribution in [0.5, 0.6) is 17.2 Å². The van der Waals surface area contributed by atoms with E-state index in [-0.39, 0.29) is 16.2 Å². The van der Waals surface area contributed by atoms with Gasteiger partial charge in [-0.3, -0.25) is 4.79 Å². The number of benzene rings is 3. The van der Waals surface area contributed by atoms with Crippen LogP contribution >= 0.6 is 0 Å². The van der Waals surface area contributed by atoms with Crippen molar-refractivity contribution in [3.8, 4) is 17.2 Å². The van der Waals surface area contributed by atoms with Crippen molar-refractivity contribution in [2.24, 2.45) is 0 Å². The van der Waals surface area contributed by atoms with Crippen LogP contribution in [-0.2, 0) is 21.1 Å². The number of nitrogens with one attached hydrogen (secondary N) is 1. The van der Waals surface area contributed by atoms with E-state index in [1.165, 1.54) is 25.4 Å². The normalized spacial score (nSPS) is 11.5.